The highest BCUT2D eigenvalue weighted by molar-refractivity contribution is 7.80. The van der Waals surface area contributed by atoms with Gasteiger partial charge in [0.1, 0.15) is 11.3 Å². The normalized spacial score (nSPS) is 15.2. The average molecular weight is 599 g/mol. The van der Waals surface area contributed by atoms with Gasteiger partial charge in [-0.15, -0.1) is 0 Å². The van der Waals surface area contributed by atoms with Crippen LogP contribution in [-0.4, -0.2) is 63.2 Å². The monoisotopic (exact) mass is 598 g/mol. The minimum atomic E-state index is -0.757. The van der Waals surface area contributed by atoms with Crippen LogP contribution in [0.5, 0.6) is 0 Å². The van der Waals surface area contributed by atoms with Crippen molar-refractivity contribution in [2.45, 2.75) is 39.0 Å². The van der Waals surface area contributed by atoms with Crippen LogP contribution in [0.4, 0.5) is 10.6 Å². The standard InChI is InChI=1S/C28H31ClN6O5S/c1-28(2,3)40-27(38)34-11-12-39-15-21(34)20-13-19(29)10-9-18(20)14-35(24-22(23(30)36)31-16-32-24)26(41)33-25(37)17-7-5-4-6-8-17/h4-10,13,16,21H,11-12,14-15H2,1-3H3,(H2,30,36)(H,31,32)(H,33,37,41). The number of hydrogen-bond donors (Lipinski definition) is 3. The molecule has 4 N–H and O–H groups in total. The number of H-pyrrole nitrogens is 1. The van der Waals surface area contributed by atoms with E-state index in [1.807, 2.05) is 0 Å². The smallest absolute Gasteiger partial charge is 0.410 e. The fraction of sp³-hybridized carbons (Fsp3) is 0.321. The van der Waals surface area contributed by atoms with Crippen LogP contribution < -0.4 is 16.0 Å². The second-order valence-corrected chi connectivity index (χ2v) is 11.1. The van der Waals surface area contributed by atoms with Crippen LogP contribution in [0.15, 0.2) is 54.9 Å². The molecule has 2 aromatic carbocycles. The quantitative estimate of drug-likeness (QED) is 0.358. The number of anilines is 1. The van der Waals surface area contributed by atoms with Crippen LogP contribution in [0.3, 0.4) is 0 Å². The van der Waals surface area contributed by atoms with Crippen molar-refractivity contribution >= 4 is 52.7 Å². The van der Waals surface area contributed by atoms with Crippen molar-refractivity contribution in [2.24, 2.45) is 5.73 Å². The van der Waals surface area contributed by atoms with Crippen LogP contribution in [0.1, 0.15) is 58.8 Å². The number of benzene rings is 2. The zero-order valence-electron chi connectivity index (χ0n) is 22.8. The third kappa shape index (κ3) is 7.40. The zero-order valence-corrected chi connectivity index (χ0v) is 24.4. The van der Waals surface area contributed by atoms with Gasteiger partial charge < -0.3 is 20.2 Å². The molecule has 13 heteroatoms. The van der Waals surface area contributed by atoms with Crippen LogP contribution in [-0.2, 0) is 16.0 Å². The Bertz CT molecular complexity index is 1440. The number of primary amides is 1. The molecule has 1 saturated heterocycles. The number of carbonyl (C=O) groups excluding carboxylic acids is 3. The molecule has 3 amide bonds. The van der Waals surface area contributed by atoms with E-state index in [1.54, 1.807) is 74.2 Å². The van der Waals surface area contributed by atoms with E-state index in [0.717, 1.165) is 0 Å². The van der Waals surface area contributed by atoms with E-state index >= 15 is 0 Å². The van der Waals surface area contributed by atoms with Crippen molar-refractivity contribution in [2.75, 3.05) is 24.7 Å². The topological polar surface area (TPSA) is 143 Å². The van der Waals surface area contributed by atoms with Gasteiger partial charge in [-0.05, 0) is 68.4 Å². The molecule has 0 aliphatic carbocycles. The maximum atomic E-state index is 13.2. The fourth-order valence-corrected chi connectivity index (χ4v) is 4.76. The molecule has 0 bridgehead atoms. The molecule has 1 aliphatic heterocycles. The number of amides is 3. The maximum absolute atomic E-state index is 13.2. The molecule has 11 nitrogen and oxygen atoms in total. The Morgan fingerprint density at radius 1 is 1.24 bits per heavy atom. The summed E-state index contributed by atoms with van der Waals surface area (Å²) in [4.78, 5) is 48.4. The van der Waals surface area contributed by atoms with Gasteiger partial charge in [-0.2, -0.15) is 0 Å². The van der Waals surface area contributed by atoms with Crippen molar-refractivity contribution in [1.29, 1.82) is 0 Å². The van der Waals surface area contributed by atoms with Gasteiger partial charge in [0.15, 0.2) is 10.9 Å². The number of carbonyl (C=O) groups is 3. The van der Waals surface area contributed by atoms with Crippen LogP contribution in [0.2, 0.25) is 5.02 Å². The molecule has 1 unspecified atom stereocenters. The third-order valence-corrected chi connectivity index (χ3v) is 6.73. The van der Waals surface area contributed by atoms with E-state index in [9.17, 15) is 14.4 Å². The number of nitrogens with zero attached hydrogens (tertiary/aromatic N) is 3. The summed E-state index contributed by atoms with van der Waals surface area (Å²) in [6, 6.07) is 13.3. The first-order chi connectivity index (χ1) is 19.4. The lowest BCUT2D eigenvalue weighted by Gasteiger charge is -2.38. The van der Waals surface area contributed by atoms with Crippen LogP contribution in [0, 0.1) is 0 Å². The number of aromatic amines is 1. The number of nitrogens with two attached hydrogens (primary N) is 1. The molecule has 0 radical (unpaired) electrons. The predicted molar refractivity (Wildman–Crippen MR) is 158 cm³/mol. The number of hydrogen-bond acceptors (Lipinski definition) is 7. The first kappa shape index (κ1) is 30.0. The number of morpholine rings is 1. The van der Waals surface area contributed by atoms with E-state index in [2.05, 4.69) is 15.3 Å². The first-order valence-electron chi connectivity index (χ1n) is 12.8. The SMILES string of the molecule is CC(C)(C)OC(=O)N1CCOCC1c1cc(Cl)ccc1CN(C(=S)NC(=O)c1ccccc1)c1nc[nH]c1C(N)=O. The number of ether oxygens (including phenoxy) is 2. The Labute approximate surface area is 247 Å². The molecule has 4 rings (SSSR count). The second kappa shape index (κ2) is 12.7. The molecule has 1 atom stereocenters. The van der Waals surface area contributed by atoms with Gasteiger partial charge in [-0.25, -0.2) is 9.78 Å². The number of rotatable bonds is 6. The number of aromatic nitrogens is 2. The fourth-order valence-electron chi connectivity index (χ4n) is 4.33. The summed E-state index contributed by atoms with van der Waals surface area (Å²) in [7, 11) is 0. The zero-order chi connectivity index (χ0) is 29.7. The molecule has 41 heavy (non-hydrogen) atoms. The summed E-state index contributed by atoms with van der Waals surface area (Å²) in [6.45, 7) is 6.31. The summed E-state index contributed by atoms with van der Waals surface area (Å²) in [5, 5.41) is 3.14. The highest BCUT2D eigenvalue weighted by Crippen LogP contribution is 2.32. The summed E-state index contributed by atoms with van der Waals surface area (Å²) in [5.41, 5.74) is 6.67. The Hall–Kier alpha value is -4.00. The molecule has 1 aliphatic rings. The first-order valence-corrected chi connectivity index (χ1v) is 13.6. The van der Waals surface area contributed by atoms with Crippen LogP contribution in [0.25, 0.3) is 0 Å². The molecule has 3 aromatic rings. The van der Waals surface area contributed by atoms with Crippen molar-refractivity contribution in [3.63, 3.8) is 0 Å². The Morgan fingerprint density at radius 3 is 2.66 bits per heavy atom. The second-order valence-electron chi connectivity index (χ2n) is 10.3. The van der Waals surface area contributed by atoms with Gasteiger partial charge in [0.05, 0.1) is 32.1 Å². The third-order valence-electron chi connectivity index (χ3n) is 6.17. The molecule has 0 spiro atoms. The lowest BCUT2D eigenvalue weighted by atomic mass is 9.98. The molecular weight excluding hydrogens is 568 g/mol. The molecule has 216 valence electrons. The van der Waals surface area contributed by atoms with Gasteiger partial charge >= 0.3 is 6.09 Å². The summed E-state index contributed by atoms with van der Waals surface area (Å²) in [5.74, 6) is -1.07. The van der Waals surface area contributed by atoms with Gasteiger partial charge in [0, 0.05) is 17.1 Å². The minimum absolute atomic E-state index is 0.00760. The summed E-state index contributed by atoms with van der Waals surface area (Å²) < 4.78 is 11.4. The highest BCUT2D eigenvalue weighted by Gasteiger charge is 2.34. The molecular formula is C28H31ClN6O5S. The molecule has 1 fully saturated rings. The Kier molecular flexibility index (Phi) is 9.26. The van der Waals surface area contributed by atoms with Crippen LogP contribution >= 0.6 is 23.8 Å². The Balaban J connectivity index is 1.72. The van der Waals surface area contributed by atoms with E-state index in [-0.39, 0.29) is 29.8 Å². The molecule has 1 aromatic heterocycles. The predicted octanol–water partition coefficient (Wildman–Crippen LogP) is 4.19. The van der Waals surface area contributed by atoms with Crippen molar-refractivity contribution in [3.8, 4) is 0 Å². The van der Waals surface area contributed by atoms with E-state index in [1.165, 1.54) is 11.2 Å². The van der Waals surface area contributed by atoms with E-state index < -0.39 is 29.6 Å². The summed E-state index contributed by atoms with van der Waals surface area (Å²) in [6.07, 6.45) is 0.828. The molecule has 0 saturated carbocycles. The lowest BCUT2D eigenvalue weighted by Crippen LogP contribution is -2.46. The number of thiocarbonyl (C=S) groups is 1. The van der Waals surface area contributed by atoms with Gasteiger partial charge in [0.2, 0.25) is 0 Å². The average Bonchev–Trinajstić information content (AvgIpc) is 3.42. The largest absolute Gasteiger partial charge is 0.444 e. The minimum Gasteiger partial charge on any atom is -0.444 e. The number of halogens is 1. The number of imidazole rings is 1. The van der Waals surface area contributed by atoms with Crippen molar-refractivity contribution in [3.05, 3.63) is 82.3 Å². The maximum Gasteiger partial charge on any atom is 0.410 e. The van der Waals surface area contributed by atoms with E-state index in [4.69, 9.17) is 39.0 Å². The summed E-state index contributed by atoms with van der Waals surface area (Å²) >= 11 is 12.1. The van der Waals surface area contributed by atoms with Crippen molar-refractivity contribution in [1.82, 2.24) is 20.2 Å². The molecule has 2 heterocycles. The van der Waals surface area contributed by atoms with Gasteiger partial charge in [-0.3, -0.25) is 24.7 Å². The van der Waals surface area contributed by atoms with Gasteiger partial charge in [-0.1, -0.05) is 35.9 Å². The number of nitrogens with one attached hydrogen (secondary N) is 2. The lowest BCUT2D eigenvalue weighted by molar-refractivity contribution is -0.0332. The van der Waals surface area contributed by atoms with Gasteiger partial charge in [0.25, 0.3) is 11.8 Å². The highest BCUT2D eigenvalue weighted by atomic mass is 35.5. The van der Waals surface area contributed by atoms with Crippen molar-refractivity contribution < 1.29 is 23.9 Å². The van der Waals surface area contributed by atoms with E-state index in [0.29, 0.717) is 34.9 Å². The Morgan fingerprint density at radius 2 is 1.98 bits per heavy atom.